The standard InChI is InChI=1S/C16H16ClN3O4/c1-23-14-3-2-12(7-13(14)17)20-9-10(6-15(20)21)16(22)18-8-11-4-5-24-19-11/h2-5,7,10H,6,8-9H2,1H3,(H,18,22)/t10-/m0/s1. The van der Waals surface area contributed by atoms with Gasteiger partial charge in [-0.2, -0.15) is 0 Å². The summed E-state index contributed by atoms with van der Waals surface area (Å²) in [4.78, 5) is 26.0. The third-order valence-corrected chi connectivity index (χ3v) is 4.17. The lowest BCUT2D eigenvalue weighted by Gasteiger charge is -2.17. The molecule has 0 radical (unpaired) electrons. The van der Waals surface area contributed by atoms with Crippen molar-refractivity contribution >= 4 is 29.1 Å². The monoisotopic (exact) mass is 349 g/mol. The van der Waals surface area contributed by atoms with Crippen molar-refractivity contribution in [3.8, 4) is 5.75 Å². The van der Waals surface area contributed by atoms with Crippen LogP contribution in [0.25, 0.3) is 0 Å². The molecule has 0 bridgehead atoms. The maximum atomic E-state index is 12.2. The van der Waals surface area contributed by atoms with Crippen LogP contribution in [-0.2, 0) is 16.1 Å². The molecule has 1 N–H and O–H groups in total. The van der Waals surface area contributed by atoms with Gasteiger partial charge in [-0.1, -0.05) is 16.8 Å². The molecule has 0 spiro atoms. The van der Waals surface area contributed by atoms with E-state index in [-0.39, 0.29) is 24.8 Å². The predicted octanol–water partition coefficient (Wildman–Crippen LogP) is 2.01. The van der Waals surface area contributed by atoms with E-state index in [9.17, 15) is 9.59 Å². The van der Waals surface area contributed by atoms with Crippen molar-refractivity contribution in [3.05, 3.63) is 41.2 Å². The van der Waals surface area contributed by atoms with Gasteiger partial charge in [-0.3, -0.25) is 9.59 Å². The van der Waals surface area contributed by atoms with E-state index in [1.807, 2.05) is 0 Å². The summed E-state index contributed by atoms with van der Waals surface area (Å²) in [6, 6.07) is 6.78. The molecule has 0 saturated carbocycles. The van der Waals surface area contributed by atoms with Gasteiger partial charge in [0.25, 0.3) is 0 Å². The molecule has 1 saturated heterocycles. The fourth-order valence-electron chi connectivity index (χ4n) is 2.61. The number of aromatic nitrogens is 1. The third kappa shape index (κ3) is 3.35. The van der Waals surface area contributed by atoms with Crippen LogP contribution in [-0.4, -0.2) is 30.6 Å². The lowest BCUT2D eigenvalue weighted by Crippen LogP contribution is -2.32. The van der Waals surface area contributed by atoms with E-state index in [1.165, 1.54) is 13.4 Å². The van der Waals surface area contributed by atoms with Gasteiger partial charge < -0.3 is 19.5 Å². The molecular weight excluding hydrogens is 334 g/mol. The van der Waals surface area contributed by atoms with Crippen molar-refractivity contribution < 1.29 is 18.8 Å². The van der Waals surface area contributed by atoms with Crippen LogP contribution in [0.5, 0.6) is 5.75 Å². The summed E-state index contributed by atoms with van der Waals surface area (Å²) in [6.45, 7) is 0.584. The largest absolute Gasteiger partial charge is 0.495 e. The minimum Gasteiger partial charge on any atom is -0.495 e. The molecule has 2 amide bonds. The molecule has 3 rings (SSSR count). The number of carbonyl (C=O) groups excluding carboxylic acids is 2. The number of nitrogens with one attached hydrogen (secondary N) is 1. The zero-order valence-electron chi connectivity index (χ0n) is 13.0. The fraction of sp³-hybridized carbons (Fsp3) is 0.312. The Morgan fingerprint density at radius 1 is 1.50 bits per heavy atom. The SMILES string of the molecule is COc1ccc(N2C[C@@H](C(=O)NCc3ccon3)CC2=O)cc1Cl. The van der Waals surface area contributed by atoms with E-state index >= 15 is 0 Å². The maximum Gasteiger partial charge on any atom is 0.227 e. The quantitative estimate of drug-likeness (QED) is 0.892. The molecule has 1 aromatic carbocycles. The van der Waals surface area contributed by atoms with Crippen LogP contribution < -0.4 is 15.0 Å². The molecule has 2 heterocycles. The average molecular weight is 350 g/mol. The summed E-state index contributed by atoms with van der Waals surface area (Å²) < 4.78 is 9.81. The zero-order valence-corrected chi connectivity index (χ0v) is 13.7. The van der Waals surface area contributed by atoms with Crippen LogP contribution in [0.1, 0.15) is 12.1 Å². The van der Waals surface area contributed by atoms with Crippen LogP contribution >= 0.6 is 11.6 Å². The number of methoxy groups -OCH3 is 1. The smallest absolute Gasteiger partial charge is 0.227 e. The number of halogens is 1. The van der Waals surface area contributed by atoms with E-state index in [4.69, 9.17) is 20.9 Å². The Kier molecular flexibility index (Phi) is 4.71. The molecule has 1 aliphatic rings. The van der Waals surface area contributed by atoms with Gasteiger partial charge in [-0.15, -0.1) is 0 Å². The minimum atomic E-state index is -0.412. The minimum absolute atomic E-state index is 0.113. The molecule has 1 fully saturated rings. The van der Waals surface area contributed by atoms with Gasteiger partial charge in [0.05, 0.1) is 24.6 Å². The Balaban J connectivity index is 1.64. The van der Waals surface area contributed by atoms with Crippen molar-refractivity contribution in [1.29, 1.82) is 0 Å². The van der Waals surface area contributed by atoms with Crippen molar-refractivity contribution in [2.45, 2.75) is 13.0 Å². The van der Waals surface area contributed by atoms with Gasteiger partial charge in [-0.25, -0.2) is 0 Å². The number of hydrogen-bond acceptors (Lipinski definition) is 5. The maximum absolute atomic E-state index is 12.2. The van der Waals surface area contributed by atoms with Crippen LogP contribution in [0.3, 0.4) is 0 Å². The lowest BCUT2D eigenvalue weighted by atomic mass is 10.1. The van der Waals surface area contributed by atoms with Crippen molar-refractivity contribution in [1.82, 2.24) is 10.5 Å². The topological polar surface area (TPSA) is 84.7 Å². The highest BCUT2D eigenvalue weighted by Gasteiger charge is 2.35. The number of rotatable bonds is 5. The van der Waals surface area contributed by atoms with Crippen LogP contribution in [0.4, 0.5) is 5.69 Å². The lowest BCUT2D eigenvalue weighted by molar-refractivity contribution is -0.126. The average Bonchev–Trinajstić information content (AvgIpc) is 3.22. The summed E-state index contributed by atoms with van der Waals surface area (Å²) in [6.07, 6.45) is 1.60. The van der Waals surface area contributed by atoms with Gasteiger partial charge in [-0.05, 0) is 18.2 Å². The Morgan fingerprint density at radius 3 is 3.00 bits per heavy atom. The number of nitrogens with zero attached hydrogens (tertiary/aromatic N) is 2. The molecule has 2 aromatic rings. The molecule has 1 atom stereocenters. The molecule has 0 unspecified atom stereocenters. The first-order valence-corrected chi connectivity index (χ1v) is 7.77. The molecule has 1 aromatic heterocycles. The van der Waals surface area contributed by atoms with Crippen molar-refractivity contribution in [2.75, 3.05) is 18.6 Å². The van der Waals surface area contributed by atoms with Crippen LogP contribution in [0.2, 0.25) is 5.02 Å². The van der Waals surface area contributed by atoms with E-state index < -0.39 is 5.92 Å². The fourth-order valence-corrected chi connectivity index (χ4v) is 2.86. The second kappa shape index (κ2) is 6.92. The highest BCUT2D eigenvalue weighted by molar-refractivity contribution is 6.32. The predicted molar refractivity (Wildman–Crippen MR) is 86.8 cm³/mol. The summed E-state index contributed by atoms with van der Waals surface area (Å²) in [5.41, 5.74) is 1.28. The summed E-state index contributed by atoms with van der Waals surface area (Å²) in [7, 11) is 1.52. The van der Waals surface area contributed by atoms with Gasteiger partial charge >= 0.3 is 0 Å². The first kappa shape index (κ1) is 16.3. The van der Waals surface area contributed by atoms with Gasteiger partial charge in [0.1, 0.15) is 17.7 Å². The highest BCUT2D eigenvalue weighted by atomic mass is 35.5. The number of benzene rings is 1. The third-order valence-electron chi connectivity index (χ3n) is 3.88. The van der Waals surface area contributed by atoms with Gasteiger partial charge in [0, 0.05) is 24.7 Å². The Labute approximate surface area is 143 Å². The van der Waals surface area contributed by atoms with E-state index in [1.54, 1.807) is 29.2 Å². The van der Waals surface area contributed by atoms with E-state index in [0.29, 0.717) is 28.7 Å². The number of amides is 2. The Bertz CT molecular complexity index is 748. The Morgan fingerprint density at radius 2 is 2.33 bits per heavy atom. The van der Waals surface area contributed by atoms with Crippen LogP contribution in [0, 0.1) is 5.92 Å². The van der Waals surface area contributed by atoms with E-state index in [2.05, 4.69) is 10.5 Å². The molecule has 0 aliphatic carbocycles. The van der Waals surface area contributed by atoms with Crippen molar-refractivity contribution in [2.24, 2.45) is 5.92 Å². The first-order chi connectivity index (χ1) is 11.6. The Hall–Kier alpha value is -2.54. The summed E-state index contributed by atoms with van der Waals surface area (Å²) in [5.74, 6) is -0.175. The number of anilines is 1. The second-order valence-corrected chi connectivity index (χ2v) is 5.84. The number of ether oxygens (including phenoxy) is 1. The molecule has 7 nitrogen and oxygen atoms in total. The summed E-state index contributed by atoms with van der Waals surface area (Å²) in [5, 5.41) is 6.91. The first-order valence-electron chi connectivity index (χ1n) is 7.39. The molecular formula is C16H16ClN3O4. The van der Waals surface area contributed by atoms with Gasteiger partial charge in [0.15, 0.2) is 0 Å². The van der Waals surface area contributed by atoms with Gasteiger partial charge in [0.2, 0.25) is 11.8 Å². The summed E-state index contributed by atoms with van der Waals surface area (Å²) >= 11 is 6.10. The second-order valence-electron chi connectivity index (χ2n) is 5.43. The van der Waals surface area contributed by atoms with Crippen molar-refractivity contribution in [3.63, 3.8) is 0 Å². The molecule has 1 aliphatic heterocycles. The molecule has 126 valence electrons. The molecule has 8 heteroatoms. The van der Waals surface area contributed by atoms with Crippen LogP contribution in [0.15, 0.2) is 35.1 Å². The normalized spacial score (nSPS) is 17.2. The highest BCUT2D eigenvalue weighted by Crippen LogP contribution is 2.32. The number of hydrogen-bond donors (Lipinski definition) is 1. The van der Waals surface area contributed by atoms with E-state index in [0.717, 1.165) is 0 Å². The number of carbonyl (C=O) groups is 2. The zero-order chi connectivity index (χ0) is 17.1. The molecule has 24 heavy (non-hydrogen) atoms.